The molecular formula is C14H15NO5. The van der Waals surface area contributed by atoms with Crippen molar-refractivity contribution >= 4 is 17.7 Å². The molecule has 2 rings (SSSR count). The Balaban J connectivity index is 1.82. The molecule has 0 bridgehead atoms. The largest absolute Gasteiger partial charge is 0.484 e. The first-order valence-corrected chi connectivity index (χ1v) is 6.33. The average Bonchev–Trinajstić information content (AvgIpc) is 2.77. The van der Waals surface area contributed by atoms with E-state index in [2.05, 4.69) is 5.32 Å². The number of fused-ring (bicyclic) bond motifs is 1. The molecule has 0 saturated carbocycles. The van der Waals surface area contributed by atoms with E-state index in [1.54, 1.807) is 12.1 Å². The summed E-state index contributed by atoms with van der Waals surface area (Å²) in [5.41, 5.74) is 1.67. The van der Waals surface area contributed by atoms with E-state index in [4.69, 9.17) is 9.84 Å². The zero-order chi connectivity index (χ0) is 14.5. The third kappa shape index (κ3) is 3.57. The predicted octanol–water partition coefficient (Wildman–Crippen LogP) is 0.785. The summed E-state index contributed by atoms with van der Waals surface area (Å²) in [5, 5.41) is 10.9. The zero-order valence-electron chi connectivity index (χ0n) is 10.8. The van der Waals surface area contributed by atoms with Gasteiger partial charge in [-0.1, -0.05) is 6.07 Å². The first kappa shape index (κ1) is 14.0. The Bertz CT molecular complexity index is 552. The van der Waals surface area contributed by atoms with E-state index in [9.17, 15) is 14.4 Å². The molecule has 1 aromatic carbocycles. The number of aryl methyl sites for hydroxylation is 1. The highest BCUT2D eigenvalue weighted by Gasteiger charge is 2.19. The molecule has 1 aliphatic carbocycles. The Kier molecular flexibility index (Phi) is 4.34. The number of carbonyl (C=O) groups excluding carboxylic acids is 2. The van der Waals surface area contributed by atoms with Crippen LogP contribution in [0.25, 0.3) is 0 Å². The maximum absolute atomic E-state index is 11.6. The normalized spacial score (nSPS) is 12.9. The van der Waals surface area contributed by atoms with Crippen LogP contribution in [0.3, 0.4) is 0 Å². The van der Waals surface area contributed by atoms with Gasteiger partial charge in [0.25, 0.3) is 5.91 Å². The molecule has 1 aromatic rings. The second kappa shape index (κ2) is 6.18. The summed E-state index contributed by atoms with van der Waals surface area (Å²) in [6.07, 6.45) is 1.15. The summed E-state index contributed by atoms with van der Waals surface area (Å²) in [5.74, 6) is -0.801. The Labute approximate surface area is 115 Å². The highest BCUT2D eigenvalue weighted by atomic mass is 16.5. The molecule has 0 saturated heterocycles. The number of nitrogens with one attached hydrogen (secondary N) is 1. The number of hydrogen-bond acceptors (Lipinski definition) is 4. The average molecular weight is 277 g/mol. The van der Waals surface area contributed by atoms with Crippen LogP contribution in [0.15, 0.2) is 18.2 Å². The maximum Gasteiger partial charge on any atom is 0.305 e. The Morgan fingerprint density at radius 2 is 2.10 bits per heavy atom. The molecule has 2 N–H and O–H groups in total. The zero-order valence-corrected chi connectivity index (χ0v) is 10.8. The van der Waals surface area contributed by atoms with Crippen molar-refractivity contribution < 1.29 is 24.2 Å². The fraction of sp³-hybridized carbons (Fsp3) is 0.357. The fourth-order valence-corrected chi connectivity index (χ4v) is 2.01. The van der Waals surface area contributed by atoms with E-state index in [1.165, 1.54) is 0 Å². The molecule has 1 amide bonds. The molecule has 0 heterocycles. The molecule has 6 nitrogen and oxygen atoms in total. The van der Waals surface area contributed by atoms with Gasteiger partial charge in [-0.05, 0) is 24.1 Å². The van der Waals surface area contributed by atoms with Gasteiger partial charge in [-0.15, -0.1) is 0 Å². The van der Waals surface area contributed by atoms with Crippen molar-refractivity contribution in [2.75, 3.05) is 13.2 Å². The molecule has 6 heteroatoms. The van der Waals surface area contributed by atoms with Gasteiger partial charge in [0.1, 0.15) is 5.75 Å². The van der Waals surface area contributed by atoms with Crippen LogP contribution in [0.5, 0.6) is 5.75 Å². The van der Waals surface area contributed by atoms with Gasteiger partial charge in [-0.2, -0.15) is 0 Å². The van der Waals surface area contributed by atoms with Gasteiger partial charge in [0, 0.05) is 18.5 Å². The highest BCUT2D eigenvalue weighted by molar-refractivity contribution is 6.00. The van der Waals surface area contributed by atoms with Crippen molar-refractivity contribution in [3.8, 4) is 5.75 Å². The minimum absolute atomic E-state index is 0.0696. The first-order valence-electron chi connectivity index (χ1n) is 6.33. The molecular weight excluding hydrogens is 262 g/mol. The lowest BCUT2D eigenvalue weighted by molar-refractivity contribution is -0.137. The molecule has 0 aromatic heterocycles. The summed E-state index contributed by atoms with van der Waals surface area (Å²) in [6, 6.07) is 5.20. The second-order valence-corrected chi connectivity index (χ2v) is 4.52. The summed E-state index contributed by atoms with van der Waals surface area (Å²) in [6.45, 7) is -0.132. The summed E-state index contributed by atoms with van der Waals surface area (Å²) < 4.78 is 5.29. The van der Waals surface area contributed by atoms with Crippen molar-refractivity contribution in [3.05, 3.63) is 29.3 Å². The number of rotatable bonds is 6. The fourth-order valence-electron chi connectivity index (χ4n) is 2.01. The third-order valence-corrected chi connectivity index (χ3v) is 3.03. The molecule has 106 valence electrons. The van der Waals surface area contributed by atoms with Crippen LogP contribution in [0, 0.1) is 0 Å². The van der Waals surface area contributed by atoms with Gasteiger partial charge in [-0.25, -0.2) is 0 Å². The van der Waals surface area contributed by atoms with Crippen LogP contribution >= 0.6 is 0 Å². The molecule has 20 heavy (non-hydrogen) atoms. The first-order chi connectivity index (χ1) is 9.56. The van der Waals surface area contributed by atoms with Crippen molar-refractivity contribution in [2.24, 2.45) is 0 Å². The number of aliphatic carboxylic acids is 1. The standard InChI is InChI=1S/C14H15NO5/c16-12-4-2-9-1-3-10(7-11(9)12)20-8-13(17)15-6-5-14(18)19/h1,3,7H,2,4-6,8H2,(H,15,17)(H,18,19). The van der Waals surface area contributed by atoms with Crippen molar-refractivity contribution in [1.82, 2.24) is 5.32 Å². The predicted molar refractivity (Wildman–Crippen MR) is 69.9 cm³/mol. The van der Waals surface area contributed by atoms with Gasteiger partial charge >= 0.3 is 5.97 Å². The van der Waals surface area contributed by atoms with Gasteiger partial charge in [0.15, 0.2) is 12.4 Å². The highest BCUT2D eigenvalue weighted by Crippen LogP contribution is 2.25. The lowest BCUT2D eigenvalue weighted by atomic mass is 10.1. The number of Topliss-reactive ketones (excluding diaryl/α,β-unsaturated/α-hetero) is 1. The smallest absolute Gasteiger partial charge is 0.305 e. The van der Waals surface area contributed by atoms with Gasteiger partial charge in [-0.3, -0.25) is 14.4 Å². The molecule has 0 spiro atoms. The van der Waals surface area contributed by atoms with Crippen LogP contribution in [0.2, 0.25) is 0 Å². The van der Waals surface area contributed by atoms with Gasteiger partial charge in [0.2, 0.25) is 0 Å². The molecule has 0 unspecified atom stereocenters. The molecule has 0 radical (unpaired) electrons. The van der Waals surface area contributed by atoms with Crippen LogP contribution < -0.4 is 10.1 Å². The van der Waals surface area contributed by atoms with E-state index in [0.717, 1.165) is 12.0 Å². The van der Waals surface area contributed by atoms with Crippen molar-refractivity contribution in [2.45, 2.75) is 19.3 Å². The minimum Gasteiger partial charge on any atom is -0.484 e. The quantitative estimate of drug-likeness (QED) is 0.801. The number of carboxylic acid groups (broad SMARTS) is 1. The molecule has 1 aliphatic rings. The number of ketones is 1. The van der Waals surface area contributed by atoms with E-state index >= 15 is 0 Å². The Hall–Kier alpha value is -2.37. The van der Waals surface area contributed by atoms with Crippen LogP contribution in [-0.4, -0.2) is 35.9 Å². The van der Waals surface area contributed by atoms with Gasteiger partial charge < -0.3 is 15.2 Å². The van der Waals surface area contributed by atoms with Crippen molar-refractivity contribution in [1.29, 1.82) is 0 Å². The minimum atomic E-state index is -0.969. The Morgan fingerprint density at radius 3 is 2.85 bits per heavy atom. The van der Waals surface area contributed by atoms with Crippen LogP contribution in [0.1, 0.15) is 28.8 Å². The second-order valence-electron chi connectivity index (χ2n) is 4.52. The van der Waals surface area contributed by atoms with E-state index < -0.39 is 11.9 Å². The maximum atomic E-state index is 11.6. The van der Waals surface area contributed by atoms with E-state index in [1.807, 2.05) is 6.07 Å². The van der Waals surface area contributed by atoms with Gasteiger partial charge in [0.05, 0.1) is 6.42 Å². The monoisotopic (exact) mass is 277 g/mol. The topological polar surface area (TPSA) is 92.7 Å². The summed E-state index contributed by atoms with van der Waals surface area (Å²) in [4.78, 5) is 33.3. The van der Waals surface area contributed by atoms with Crippen molar-refractivity contribution in [3.63, 3.8) is 0 Å². The number of carbonyl (C=O) groups is 3. The van der Waals surface area contributed by atoms with Crippen LogP contribution in [-0.2, 0) is 16.0 Å². The number of carboxylic acids is 1. The third-order valence-electron chi connectivity index (χ3n) is 3.03. The molecule has 0 atom stereocenters. The number of hydrogen-bond donors (Lipinski definition) is 2. The number of amides is 1. The number of ether oxygens (including phenoxy) is 1. The number of benzene rings is 1. The lowest BCUT2D eigenvalue weighted by Crippen LogP contribution is -2.30. The van der Waals surface area contributed by atoms with E-state index in [-0.39, 0.29) is 25.4 Å². The molecule has 0 fully saturated rings. The molecule has 0 aliphatic heterocycles. The van der Waals surface area contributed by atoms with Crippen LogP contribution in [0.4, 0.5) is 0 Å². The summed E-state index contributed by atoms with van der Waals surface area (Å²) in [7, 11) is 0. The SMILES string of the molecule is O=C(O)CCNC(=O)COc1ccc2c(c1)C(=O)CC2. The summed E-state index contributed by atoms with van der Waals surface area (Å²) >= 11 is 0. The van der Waals surface area contributed by atoms with E-state index in [0.29, 0.717) is 17.7 Å². The Morgan fingerprint density at radius 1 is 1.30 bits per heavy atom. The lowest BCUT2D eigenvalue weighted by Gasteiger charge is -2.08.